The van der Waals surface area contributed by atoms with Gasteiger partial charge in [0.2, 0.25) is 10.0 Å². The van der Waals surface area contributed by atoms with E-state index in [4.69, 9.17) is 0 Å². The third-order valence-corrected chi connectivity index (χ3v) is 5.78. The van der Waals surface area contributed by atoms with Crippen LogP contribution >= 0.6 is 24.0 Å². The molecule has 0 radical (unpaired) electrons. The van der Waals surface area contributed by atoms with Gasteiger partial charge < -0.3 is 10.6 Å². The van der Waals surface area contributed by atoms with Gasteiger partial charge in [-0.25, -0.2) is 13.1 Å². The topological polar surface area (TPSA) is 82.6 Å². The number of nitrogens with zero attached hydrogens (tertiary/aromatic N) is 1. The van der Waals surface area contributed by atoms with E-state index in [9.17, 15) is 8.42 Å². The van der Waals surface area contributed by atoms with Crippen molar-refractivity contribution in [3.63, 3.8) is 0 Å². The minimum atomic E-state index is -3.23. The van der Waals surface area contributed by atoms with Crippen molar-refractivity contribution in [3.05, 3.63) is 35.4 Å². The fraction of sp³-hybridized carbons (Fsp3) is 0.650. The summed E-state index contributed by atoms with van der Waals surface area (Å²) in [5.74, 6) is 0.793. The van der Waals surface area contributed by atoms with E-state index >= 15 is 0 Å². The van der Waals surface area contributed by atoms with Gasteiger partial charge in [-0.15, -0.1) is 24.0 Å². The number of benzene rings is 1. The standard InChI is InChI=1S/C20H36N4O2S.HI/c1-4-5-6-7-8-9-10-15-23-20(21-2)24-16-18-11-13-19(14-12-18)17-27(25,26)22-3;/h11-14,22H,4-10,15-17H2,1-3H3,(H2,21,23,24);1H. The monoisotopic (exact) mass is 524 g/mol. The summed E-state index contributed by atoms with van der Waals surface area (Å²) < 4.78 is 25.5. The Bertz CT molecular complexity index is 649. The van der Waals surface area contributed by atoms with Crippen LogP contribution in [0.15, 0.2) is 29.3 Å². The fourth-order valence-corrected chi connectivity index (χ4v) is 3.52. The third kappa shape index (κ3) is 12.6. The molecule has 0 aliphatic rings. The molecule has 0 aromatic heterocycles. The zero-order valence-corrected chi connectivity index (χ0v) is 20.6. The zero-order valence-electron chi connectivity index (χ0n) is 17.5. The number of halogens is 1. The second-order valence-corrected chi connectivity index (χ2v) is 8.68. The summed E-state index contributed by atoms with van der Waals surface area (Å²) in [5, 5.41) is 6.63. The number of hydrogen-bond acceptors (Lipinski definition) is 3. The third-order valence-electron chi connectivity index (χ3n) is 4.45. The van der Waals surface area contributed by atoms with Crippen LogP contribution in [0.2, 0.25) is 0 Å². The van der Waals surface area contributed by atoms with Crippen LogP contribution in [0.1, 0.15) is 63.0 Å². The van der Waals surface area contributed by atoms with E-state index < -0.39 is 10.0 Å². The summed E-state index contributed by atoms with van der Waals surface area (Å²) >= 11 is 0. The molecule has 0 heterocycles. The molecule has 0 unspecified atom stereocenters. The Morgan fingerprint density at radius 3 is 2.07 bits per heavy atom. The van der Waals surface area contributed by atoms with Crippen molar-refractivity contribution in [1.82, 2.24) is 15.4 Å². The maximum Gasteiger partial charge on any atom is 0.215 e. The normalized spacial score (nSPS) is 11.8. The molecule has 8 heteroatoms. The summed E-state index contributed by atoms with van der Waals surface area (Å²) in [7, 11) is -0.0329. The predicted octanol–water partition coefficient (Wildman–Crippen LogP) is 3.77. The van der Waals surface area contributed by atoms with E-state index in [1.807, 2.05) is 24.3 Å². The van der Waals surface area contributed by atoms with Gasteiger partial charge in [0.1, 0.15) is 0 Å². The van der Waals surface area contributed by atoms with Crippen molar-refractivity contribution in [2.24, 2.45) is 4.99 Å². The summed E-state index contributed by atoms with van der Waals surface area (Å²) in [6.07, 6.45) is 9.05. The lowest BCUT2D eigenvalue weighted by Crippen LogP contribution is -2.37. The second kappa shape index (κ2) is 16.0. The molecule has 28 heavy (non-hydrogen) atoms. The molecule has 0 aliphatic heterocycles. The molecule has 0 fully saturated rings. The van der Waals surface area contributed by atoms with Crippen LogP contribution in [0.3, 0.4) is 0 Å². The number of aliphatic imine (C=N–C) groups is 1. The first-order chi connectivity index (χ1) is 13.0. The van der Waals surface area contributed by atoms with Crippen LogP contribution in [-0.2, 0) is 22.3 Å². The first-order valence-corrected chi connectivity index (χ1v) is 11.6. The van der Waals surface area contributed by atoms with Gasteiger partial charge in [0.05, 0.1) is 5.75 Å². The quantitative estimate of drug-likeness (QED) is 0.159. The minimum Gasteiger partial charge on any atom is -0.356 e. The van der Waals surface area contributed by atoms with E-state index in [0.717, 1.165) is 30.1 Å². The molecule has 1 rings (SSSR count). The van der Waals surface area contributed by atoms with E-state index in [1.54, 1.807) is 7.05 Å². The molecule has 0 spiro atoms. The minimum absolute atomic E-state index is 0. The highest BCUT2D eigenvalue weighted by molar-refractivity contribution is 14.0. The van der Waals surface area contributed by atoms with Gasteiger partial charge in [-0.05, 0) is 24.6 Å². The van der Waals surface area contributed by atoms with Crippen molar-refractivity contribution in [2.45, 2.75) is 64.2 Å². The summed E-state index contributed by atoms with van der Waals surface area (Å²) in [5.41, 5.74) is 1.86. The molecule has 0 bridgehead atoms. The van der Waals surface area contributed by atoms with Crippen molar-refractivity contribution in [2.75, 3.05) is 20.6 Å². The smallest absolute Gasteiger partial charge is 0.215 e. The van der Waals surface area contributed by atoms with E-state index in [0.29, 0.717) is 6.54 Å². The van der Waals surface area contributed by atoms with Crippen LogP contribution in [0, 0.1) is 0 Å². The number of nitrogens with one attached hydrogen (secondary N) is 3. The van der Waals surface area contributed by atoms with Gasteiger partial charge in [-0.3, -0.25) is 4.99 Å². The van der Waals surface area contributed by atoms with Gasteiger partial charge in [0, 0.05) is 20.1 Å². The maximum atomic E-state index is 11.6. The average molecular weight is 525 g/mol. The molecule has 0 atom stereocenters. The molecule has 1 aromatic carbocycles. The molecule has 0 saturated carbocycles. The number of unbranched alkanes of at least 4 members (excludes halogenated alkanes) is 6. The Morgan fingerprint density at radius 1 is 0.929 bits per heavy atom. The van der Waals surface area contributed by atoms with Crippen LogP contribution in [0.5, 0.6) is 0 Å². The van der Waals surface area contributed by atoms with Crippen molar-refractivity contribution < 1.29 is 8.42 Å². The second-order valence-electron chi connectivity index (χ2n) is 6.75. The Hall–Kier alpha value is -0.870. The zero-order chi connectivity index (χ0) is 20.0. The summed E-state index contributed by atoms with van der Waals surface area (Å²) in [4.78, 5) is 4.25. The van der Waals surface area contributed by atoms with Crippen molar-refractivity contribution in [1.29, 1.82) is 0 Å². The van der Waals surface area contributed by atoms with Crippen molar-refractivity contribution >= 4 is 40.0 Å². The van der Waals surface area contributed by atoms with Gasteiger partial charge in [-0.2, -0.15) is 0 Å². The van der Waals surface area contributed by atoms with Crippen LogP contribution < -0.4 is 15.4 Å². The van der Waals surface area contributed by atoms with Gasteiger partial charge in [0.15, 0.2) is 5.96 Å². The lowest BCUT2D eigenvalue weighted by Gasteiger charge is -2.12. The molecular formula is C20H37IN4O2S. The van der Waals surface area contributed by atoms with Crippen LogP contribution in [-0.4, -0.2) is 35.0 Å². The Morgan fingerprint density at radius 2 is 1.50 bits per heavy atom. The molecule has 162 valence electrons. The highest BCUT2D eigenvalue weighted by Crippen LogP contribution is 2.08. The molecule has 0 saturated heterocycles. The lowest BCUT2D eigenvalue weighted by atomic mass is 10.1. The molecule has 6 nitrogen and oxygen atoms in total. The first-order valence-electron chi connectivity index (χ1n) is 9.94. The Balaban J connectivity index is 0.00000729. The van der Waals surface area contributed by atoms with Crippen molar-refractivity contribution in [3.8, 4) is 0 Å². The lowest BCUT2D eigenvalue weighted by molar-refractivity contribution is 0.583. The average Bonchev–Trinajstić information content (AvgIpc) is 2.67. The SMILES string of the molecule is CCCCCCCCCNC(=NC)NCc1ccc(CS(=O)(=O)NC)cc1.I. The van der Waals surface area contributed by atoms with E-state index in [-0.39, 0.29) is 29.7 Å². The number of guanidine groups is 1. The van der Waals surface area contributed by atoms with Gasteiger partial charge in [0.25, 0.3) is 0 Å². The number of sulfonamides is 1. The molecule has 0 amide bonds. The molecular weight excluding hydrogens is 487 g/mol. The fourth-order valence-electron chi connectivity index (χ4n) is 2.74. The van der Waals surface area contributed by atoms with E-state index in [2.05, 4.69) is 27.3 Å². The Labute approximate surface area is 188 Å². The van der Waals surface area contributed by atoms with Gasteiger partial charge in [-0.1, -0.05) is 69.7 Å². The highest BCUT2D eigenvalue weighted by Gasteiger charge is 2.08. The van der Waals surface area contributed by atoms with Gasteiger partial charge >= 0.3 is 0 Å². The maximum absolute atomic E-state index is 11.6. The molecule has 3 N–H and O–H groups in total. The highest BCUT2D eigenvalue weighted by atomic mass is 127. The van der Waals surface area contributed by atoms with Crippen LogP contribution in [0.4, 0.5) is 0 Å². The summed E-state index contributed by atoms with van der Waals surface area (Å²) in [6.45, 7) is 3.81. The number of rotatable bonds is 13. The number of hydrogen-bond donors (Lipinski definition) is 3. The predicted molar refractivity (Wildman–Crippen MR) is 130 cm³/mol. The van der Waals surface area contributed by atoms with E-state index in [1.165, 1.54) is 45.6 Å². The molecule has 1 aromatic rings. The van der Waals surface area contributed by atoms with Crippen LogP contribution in [0.25, 0.3) is 0 Å². The Kier molecular flexibility index (Phi) is 15.5. The first kappa shape index (κ1) is 27.1. The summed E-state index contributed by atoms with van der Waals surface area (Å²) in [6, 6.07) is 7.58. The molecule has 0 aliphatic carbocycles. The largest absolute Gasteiger partial charge is 0.356 e.